The van der Waals surface area contributed by atoms with Gasteiger partial charge in [0.15, 0.2) is 0 Å². The lowest BCUT2D eigenvalue weighted by Crippen LogP contribution is -1.82. The molecule has 0 fully saturated rings. The zero-order valence-electron chi connectivity index (χ0n) is 11.9. The van der Waals surface area contributed by atoms with E-state index in [0.717, 1.165) is 15.7 Å². The molecule has 0 atom stereocenters. The summed E-state index contributed by atoms with van der Waals surface area (Å²) in [6.07, 6.45) is 0. The molecule has 1 nitrogen and oxygen atoms in total. The fourth-order valence-electron chi connectivity index (χ4n) is 2.91. The summed E-state index contributed by atoms with van der Waals surface area (Å²) in [6, 6.07) is 27.4. The summed E-state index contributed by atoms with van der Waals surface area (Å²) in [7, 11) is 0. The summed E-state index contributed by atoms with van der Waals surface area (Å²) >= 11 is 3.57. The van der Waals surface area contributed by atoms with E-state index in [2.05, 4.69) is 93.7 Å². The van der Waals surface area contributed by atoms with Gasteiger partial charge in [-0.2, -0.15) is 0 Å². The average Bonchev–Trinajstić information content (AvgIpc) is 2.95. The van der Waals surface area contributed by atoms with Gasteiger partial charge in [0.2, 0.25) is 0 Å². The maximum absolute atomic E-state index is 3.59. The van der Waals surface area contributed by atoms with Crippen molar-refractivity contribution in [3.63, 3.8) is 0 Å². The SMILES string of the molecule is Brc1cccc(-c2[nH]c3ccccc3c2-c2ccccc2)c1. The molecule has 4 aromatic rings. The van der Waals surface area contributed by atoms with Crippen molar-refractivity contribution in [1.82, 2.24) is 4.98 Å². The highest BCUT2D eigenvalue weighted by atomic mass is 79.9. The smallest absolute Gasteiger partial charge is 0.0544 e. The highest BCUT2D eigenvalue weighted by Crippen LogP contribution is 2.38. The number of aromatic nitrogens is 1. The Balaban J connectivity index is 2.06. The highest BCUT2D eigenvalue weighted by Gasteiger charge is 2.14. The van der Waals surface area contributed by atoms with Gasteiger partial charge in [-0.3, -0.25) is 0 Å². The van der Waals surface area contributed by atoms with E-state index in [0.29, 0.717) is 0 Å². The summed E-state index contributed by atoms with van der Waals surface area (Å²) in [5.74, 6) is 0. The molecule has 0 saturated heterocycles. The predicted octanol–water partition coefficient (Wildman–Crippen LogP) is 6.26. The molecule has 4 rings (SSSR count). The molecule has 0 saturated carbocycles. The first kappa shape index (κ1) is 13.4. The molecule has 1 aromatic heterocycles. The summed E-state index contributed by atoms with van der Waals surface area (Å²) < 4.78 is 1.09. The third-order valence-corrected chi connectivity index (χ3v) is 4.38. The molecule has 0 bridgehead atoms. The van der Waals surface area contributed by atoms with Crippen LogP contribution in [0, 0.1) is 0 Å². The lowest BCUT2D eigenvalue weighted by Gasteiger charge is -2.06. The Kier molecular flexibility index (Phi) is 3.32. The van der Waals surface area contributed by atoms with Crippen LogP contribution < -0.4 is 0 Å². The van der Waals surface area contributed by atoms with Crippen molar-refractivity contribution in [2.45, 2.75) is 0 Å². The largest absolute Gasteiger partial charge is 0.354 e. The molecule has 0 radical (unpaired) electrons. The van der Waals surface area contributed by atoms with Gasteiger partial charge in [-0.25, -0.2) is 0 Å². The Morgan fingerprint density at radius 1 is 0.682 bits per heavy atom. The second kappa shape index (κ2) is 5.47. The zero-order valence-corrected chi connectivity index (χ0v) is 13.5. The second-order valence-corrected chi connectivity index (χ2v) is 6.21. The minimum Gasteiger partial charge on any atom is -0.354 e. The van der Waals surface area contributed by atoms with Gasteiger partial charge < -0.3 is 4.98 Å². The van der Waals surface area contributed by atoms with Crippen molar-refractivity contribution < 1.29 is 0 Å². The van der Waals surface area contributed by atoms with E-state index >= 15 is 0 Å². The Labute approximate surface area is 137 Å². The van der Waals surface area contributed by atoms with Crippen LogP contribution >= 0.6 is 15.9 Å². The summed E-state index contributed by atoms with van der Waals surface area (Å²) in [6.45, 7) is 0. The second-order valence-electron chi connectivity index (χ2n) is 5.30. The quantitative estimate of drug-likeness (QED) is 0.440. The van der Waals surface area contributed by atoms with Crippen molar-refractivity contribution >= 4 is 26.8 Å². The third kappa shape index (κ3) is 2.26. The van der Waals surface area contributed by atoms with Gasteiger partial charge in [0.25, 0.3) is 0 Å². The highest BCUT2D eigenvalue weighted by molar-refractivity contribution is 9.10. The number of rotatable bonds is 2. The maximum Gasteiger partial charge on any atom is 0.0544 e. The minimum atomic E-state index is 1.09. The number of aromatic amines is 1. The number of fused-ring (bicyclic) bond motifs is 1. The monoisotopic (exact) mass is 347 g/mol. The number of hydrogen-bond acceptors (Lipinski definition) is 0. The first-order valence-electron chi connectivity index (χ1n) is 7.25. The number of halogens is 1. The van der Waals surface area contributed by atoms with Crippen LogP contribution in [0.5, 0.6) is 0 Å². The van der Waals surface area contributed by atoms with Gasteiger partial charge in [-0.05, 0) is 29.3 Å². The van der Waals surface area contributed by atoms with Crippen molar-refractivity contribution in [3.05, 3.63) is 83.3 Å². The molecule has 0 aliphatic heterocycles. The molecule has 106 valence electrons. The average molecular weight is 348 g/mol. The van der Waals surface area contributed by atoms with E-state index in [1.165, 1.54) is 22.1 Å². The maximum atomic E-state index is 3.59. The van der Waals surface area contributed by atoms with E-state index in [4.69, 9.17) is 0 Å². The summed E-state index contributed by atoms with van der Waals surface area (Å²) in [4.78, 5) is 3.59. The molecule has 0 spiro atoms. The van der Waals surface area contributed by atoms with Crippen LogP contribution in [0.2, 0.25) is 0 Å². The van der Waals surface area contributed by atoms with Crippen LogP contribution in [0.15, 0.2) is 83.3 Å². The molecule has 22 heavy (non-hydrogen) atoms. The van der Waals surface area contributed by atoms with Gasteiger partial charge in [0.05, 0.1) is 5.69 Å². The Morgan fingerprint density at radius 3 is 2.23 bits per heavy atom. The lowest BCUT2D eigenvalue weighted by molar-refractivity contribution is 1.44. The Hall–Kier alpha value is -2.32. The number of benzene rings is 3. The standard InChI is InChI=1S/C20H14BrN/c21-16-10-6-9-15(13-16)20-19(14-7-2-1-3-8-14)17-11-4-5-12-18(17)22-20/h1-13,22H. The first-order chi connectivity index (χ1) is 10.8. The van der Waals surface area contributed by atoms with Crippen LogP contribution in [0.3, 0.4) is 0 Å². The summed E-state index contributed by atoms with van der Waals surface area (Å²) in [5.41, 5.74) is 6.00. The zero-order chi connectivity index (χ0) is 14.9. The molecular weight excluding hydrogens is 334 g/mol. The number of para-hydroxylation sites is 1. The van der Waals surface area contributed by atoms with Crippen LogP contribution in [-0.2, 0) is 0 Å². The van der Waals surface area contributed by atoms with Crippen molar-refractivity contribution in [3.8, 4) is 22.4 Å². The van der Waals surface area contributed by atoms with E-state index < -0.39 is 0 Å². The van der Waals surface area contributed by atoms with E-state index in [1.807, 2.05) is 6.07 Å². The Morgan fingerprint density at radius 2 is 1.41 bits per heavy atom. The number of nitrogens with one attached hydrogen (secondary N) is 1. The van der Waals surface area contributed by atoms with Gasteiger partial charge in [-0.15, -0.1) is 0 Å². The van der Waals surface area contributed by atoms with E-state index in [-0.39, 0.29) is 0 Å². The Bertz CT molecular complexity index is 938. The first-order valence-corrected chi connectivity index (χ1v) is 8.04. The fraction of sp³-hybridized carbons (Fsp3) is 0. The lowest BCUT2D eigenvalue weighted by atomic mass is 9.98. The summed E-state index contributed by atoms with van der Waals surface area (Å²) in [5, 5.41) is 1.25. The molecule has 1 heterocycles. The van der Waals surface area contributed by atoms with Crippen LogP contribution in [0.4, 0.5) is 0 Å². The van der Waals surface area contributed by atoms with Gasteiger partial charge in [0, 0.05) is 20.9 Å². The van der Waals surface area contributed by atoms with Crippen LogP contribution in [-0.4, -0.2) is 4.98 Å². The predicted molar refractivity (Wildman–Crippen MR) is 96.9 cm³/mol. The van der Waals surface area contributed by atoms with E-state index in [1.54, 1.807) is 0 Å². The van der Waals surface area contributed by atoms with E-state index in [9.17, 15) is 0 Å². The molecule has 1 N–H and O–H groups in total. The molecular formula is C20H14BrN. The molecule has 0 unspecified atom stereocenters. The van der Waals surface area contributed by atoms with Crippen LogP contribution in [0.1, 0.15) is 0 Å². The van der Waals surface area contributed by atoms with Crippen molar-refractivity contribution in [2.75, 3.05) is 0 Å². The topological polar surface area (TPSA) is 15.8 Å². The van der Waals surface area contributed by atoms with Gasteiger partial charge >= 0.3 is 0 Å². The van der Waals surface area contributed by atoms with Gasteiger partial charge in [-0.1, -0.05) is 76.6 Å². The van der Waals surface area contributed by atoms with Crippen molar-refractivity contribution in [2.24, 2.45) is 0 Å². The normalized spacial score (nSPS) is 11.0. The molecule has 3 aromatic carbocycles. The molecule has 0 amide bonds. The number of H-pyrrole nitrogens is 1. The third-order valence-electron chi connectivity index (χ3n) is 3.88. The fourth-order valence-corrected chi connectivity index (χ4v) is 3.31. The molecule has 0 aliphatic carbocycles. The number of hydrogen-bond donors (Lipinski definition) is 1. The minimum absolute atomic E-state index is 1.09. The van der Waals surface area contributed by atoms with Gasteiger partial charge in [0.1, 0.15) is 0 Å². The molecule has 0 aliphatic rings. The van der Waals surface area contributed by atoms with Crippen molar-refractivity contribution in [1.29, 1.82) is 0 Å². The van der Waals surface area contributed by atoms with Crippen LogP contribution in [0.25, 0.3) is 33.3 Å². The molecule has 2 heteroatoms.